The lowest BCUT2D eigenvalue weighted by Crippen LogP contribution is -2.51. The highest BCUT2D eigenvalue weighted by Gasteiger charge is 2.37. The van der Waals surface area contributed by atoms with Crippen molar-refractivity contribution in [1.82, 2.24) is 15.1 Å². The third-order valence-corrected chi connectivity index (χ3v) is 6.50. The van der Waals surface area contributed by atoms with Crippen LogP contribution in [0.15, 0.2) is 26.5 Å². The molecule has 0 spiro atoms. The van der Waals surface area contributed by atoms with Gasteiger partial charge >= 0.3 is 11.8 Å². The fourth-order valence-corrected chi connectivity index (χ4v) is 4.96. The summed E-state index contributed by atoms with van der Waals surface area (Å²) in [5.41, 5.74) is 1.81. The van der Waals surface area contributed by atoms with Gasteiger partial charge in [0.2, 0.25) is 5.89 Å². The summed E-state index contributed by atoms with van der Waals surface area (Å²) in [6, 6.07) is 3.03. The average Bonchev–Trinajstić information content (AvgIpc) is 3.19. The molecule has 1 unspecified atom stereocenters. The second-order valence-corrected chi connectivity index (χ2v) is 8.33. The Morgan fingerprint density at radius 3 is 2.84 bits per heavy atom. The van der Waals surface area contributed by atoms with Crippen molar-refractivity contribution in [2.24, 2.45) is 17.0 Å². The van der Waals surface area contributed by atoms with Gasteiger partial charge in [-0.1, -0.05) is 12.1 Å². The van der Waals surface area contributed by atoms with Crippen molar-refractivity contribution in [3.8, 4) is 11.5 Å². The number of hydrogen-bond donors (Lipinski definition) is 2. The number of carboxylic acid groups (broad SMARTS) is 1. The molecule has 0 saturated carbocycles. The van der Waals surface area contributed by atoms with Gasteiger partial charge in [0.1, 0.15) is 12.9 Å². The van der Waals surface area contributed by atoms with Gasteiger partial charge in [-0.3, -0.25) is 0 Å². The van der Waals surface area contributed by atoms with Crippen LogP contribution < -0.4 is 10.7 Å². The van der Waals surface area contributed by atoms with Gasteiger partial charge in [0, 0.05) is 43.3 Å². The highest BCUT2D eigenvalue weighted by Crippen LogP contribution is 2.38. The molecule has 11 heteroatoms. The Kier molecular flexibility index (Phi) is 5.90. The number of oxime groups is 1. The number of halogens is 1. The Labute approximate surface area is 183 Å². The van der Waals surface area contributed by atoms with Gasteiger partial charge in [-0.25, -0.2) is 19.1 Å². The number of benzene rings is 1. The molecule has 3 atom stereocenters. The Morgan fingerprint density at radius 1 is 1.44 bits per heavy atom. The van der Waals surface area contributed by atoms with Crippen LogP contribution in [0, 0.1) is 17.7 Å². The summed E-state index contributed by atoms with van der Waals surface area (Å²) in [5, 5.41) is 19.4. The lowest BCUT2D eigenvalue weighted by Gasteiger charge is -2.45. The fourth-order valence-electron chi connectivity index (χ4n) is 4.96. The number of anilines is 1. The maximum atomic E-state index is 15.3. The number of aromatic amines is 1. The number of nitrogens with zero attached hydrogens (tertiary/aromatic N) is 4. The number of hydrogen-bond acceptors (Lipinski definition) is 7. The molecular formula is C21H26FN5O5. The van der Waals surface area contributed by atoms with Crippen LogP contribution in [0.2, 0.25) is 0 Å². The Bertz CT molecular complexity index is 1100. The molecule has 32 heavy (non-hydrogen) atoms. The molecule has 1 aromatic heterocycles. The minimum Gasteiger partial charge on any atom is -0.465 e. The molecule has 2 aliphatic heterocycles. The maximum Gasteiger partial charge on any atom is 0.434 e. The lowest BCUT2D eigenvalue weighted by molar-refractivity contribution is 0.0943. The van der Waals surface area contributed by atoms with Gasteiger partial charge in [-0.05, 0) is 37.3 Å². The highest BCUT2D eigenvalue weighted by atomic mass is 19.1. The first-order valence-corrected chi connectivity index (χ1v) is 10.5. The predicted octanol–water partition coefficient (Wildman–Crippen LogP) is 2.75. The minimum absolute atomic E-state index is 0.00300. The molecule has 1 amide bonds. The zero-order chi connectivity index (χ0) is 23.0. The smallest absolute Gasteiger partial charge is 0.434 e. The quantitative estimate of drug-likeness (QED) is 0.691. The van der Waals surface area contributed by atoms with Crippen LogP contribution in [0.25, 0.3) is 11.5 Å². The SMILES string of the molecule is CO/N=C1\CCN(C(C)[C@H]2CCN(C(=O)O)C[C@H]2C)c2cc(-c3n[nH]c(=O)o3)cc(F)c21. The van der Waals surface area contributed by atoms with E-state index < -0.39 is 17.7 Å². The molecule has 2 N–H and O–H groups in total. The van der Waals surface area contributed by atoms with E-state index in [1.54, 1.807) is 6.07 Å². The van der Waals surface area contributed by atoms with Crippen molar-refractivity contribution in [1.29, 1.82) is 0 Å². The fraction of sp³-hybridized carbons (Fsp3) is 0.524. The van der Waals surface area contributed by atoms with E-state index in [-0.39, 0.29) is 23.8 Å². The van der Waals surface area contributed by atoms with Crippen LogP contribution >= 0.6 is 0 Å². The molecule has 3 heterocycles. The van der Waals surface area contributed by atoms with Gasteiger partial charge in [-0.15, -0.1) is 5.10 Å². The summed E-state index contributed by atoms with van der Waals surface area (Å²) in [6.45, 7) is 5.66. The van der Waals surface area contributed by atoms with Crippen LogP contribution in [0.1, 0.15) is 32.3 Å². The normalized spacial score (nSPS) is 23.2. The standard InChI is InChI=1S/C21H26FN5O5/c1-11-10-26(21(29)30)6-4-14(11)12(2)27-7-5-16(25-31-3)18-15(22)8-13(9-17(18)27)19-23-24-20(28)32-19/h8-9,11-12,14H,4-7,10H2,1-3H3,(H,24,28)(H,29,30)/b25-16+/t11-,12?,14+/m1/s1. The average molecular weight is 447 g/mol. The van der Waals surface area contributed by atoms with Crippen molar-refractivity contribution in [3.63, 3.8) is 0 Å². The third-order valence-electron chi connectivity index (χ3n) is 6.50. The summed E-state index contributed by atoms with van der Waals surface area (Å²) in [6.07, 6.45) is 0.316. The van der Waals surface area contributed by atoms with Crippen molar-refractivity contribution >= 4 is 17.5 Å². The molecule has 0 radical (unpaired) electrons. The number of rotatable bonds is 4. The topological polar surface area (TPSA) is 124 Å². The van der Waals surface area contributed by atoms with Crippen LogP contribution in [0.5, 0.6) is 0 Å². The van der Waals surface area contributed by atoms with Gasteiger partial charge < -0.3 is 24.2 Å². The zero-order valence-corrected chi connectivity index (χ0v) is 18.2. The molecule has 0 bridgehead atoms. The van der Waals surface area contributed by atoms with Gasteiger partial charge in [0.05, 0.1) is 11.3 Å². The number of fused-ring (bicyclic) bond motifs is 1. The second-order valence-electron chi connectivity index (χ2n) is 8.33. The lowest BCUT2D eigenvalue weighted by atomic mass is 9.80. The van der Waals surface area contributed by atoms with Gasteiger partial charge in [0.25, 0.3) is 0 Å². The predicted molar refractivity (Wildman–Crippen MR) is 114 cm³/mol. The van der Waals surface area contributed by atoms with Crippen molar-refractivity contribution in [2.75, 3.05) is 31.6 Å². The number of H-pyrrole nitrogens is 1. The first-order chi connectivity index (χ1) is 15.3. The van der Waals surface area contributed by atoms with E-state index in [9.17, 15) is 14.7 Å². The van der Waals surface area contributed by atoms with Crippen molar-refractivity contribution in [3.05, 3.63) is 34.1 Å². The van der Waals surface area contributed by atoms with Crippen LogP contribution in [0.4, 0.5) is 14.9 Å². The largest absolute Gasteiger partial charge is 0.465 e. The number of amides is 1. The van der Waals surface area contributed by atoms with Crippen LogP contribution in [-0.4, -0.2) is 64.8 Å². The van der Waals surface area contributed by atoms with E-state index in [4.69, 9.17) is 9.25 Å². The van der Waals surface area contributed by atoms with E-state index in [1.807, 2.05) is 6.92 Å². The molecule has 1 aromatic carbocycles. The van der Waals surface area contributed by atoms with Crippen molar-refractivity contribution in [2.45, 2.75) is 32.7 Å². The molecule has 10 nitrogen and oxygen atoms in total. The molecule has 2 aliphatic rings. The summed E-state index contributed by atoms with van der Waals surface area (Å²) in [4.78, 5) is 31.3. The number of nitrogens with one attached hydrogen (secondary N) is 1. The minimum atomic E-state index is -0.904. The molecule has 172 valence electrons. The Balaban J connectivity index is 1.73. The number of piperidine rings is 1. The Hall–Kier alpha value is -3.37. The molecule has 0 aliphatic carbocycles. The molecule has 4 rings (SSSR count). The summed E-state index contributed by atoms with van der Waals surface area (Å²) in [7, 11) is 1.42. The highest BCUT2D eigenvalue weighted by molar-refractivity contribution is 6.07. The van der Waals surface area contributed by atoms with E-state index in [0.717, 1.165) is 6.42 Å². The van der Waals surface area contributed by atoms with Crippen molar-refractivity contribution < 1.29 is 23.5 Å². The molecule has 1 fully saturated rings. The monoisotopic (exact) mass is 447 g/mol. The summed E-state index contributed by atoms with van der Waals surface area (Å²) < 4.78 is 20.3. The summed E-state index contributed by atoms with van der Waals surface area (Å²) in [5.74, 6) is -0.865. The Morgan fingerprint density at radius 2 is 2.22 bits per heavy atom. The van der Waals surface area contributed by atoms with Crippen LogP contribution in [-0.2, 0) is 4.84 Å². The van der Waals surface area contributed by atoms with E-state index in [2.05, 4.69) is 27.2 Å². The molecule has 2 aromatic rings. The number of likely N-dealkylation sites (tertiary alicyclic amines) is 1. The van der Waals surface area contributed by atoms with E-state index in [0.29, 0.717) is 48.6 Å². The first-order valence-electron chi connectivity index (χ1n) is 10.5. The number of carbonyl (C=O) groups is 1. The summed E-state index contributed by atoms with van der Waals surface area (Å²) >= 11 is 0. The van der Waals surface area contributed by atoms with Gasteiger partial charge in [-0.2, -0.15) is 0 Å². The molecular weight excluding hydrogens is 421 g/mol. The van der Waals surface area contributed by atoms with Gasteiger partial charge in [0.15, 0.2) is 0 Å². The third kappa shape index (κ3) is 3.94. The molecule has 1 saturated heterocycles. The van der Waals surface area contributed by atoms with Crippen LogP contribution in [0.3, 0.4) is 0 Å². The van der Waals surface area contributed by atoms with E-state index >= 15 is 4.39 Å². The maximum absolute atomic E-state index is 15.3. The first kappa shape index (κ1) is 21.8. The number of aromatic nitrogens is 2. The second kappa shape index (κ2) is 8.64. The van der Waals surface area contributed by atoms with E-state index in [1.165, 1.54) is 18.1 Å². The zero-order valence-electron chi connectivity index (χ0n) is 18.2.